The minimum Gasteiger partial charge on any atom is -0.496 e. The number of carboxylic acid groups (broad SMARTS) is 1. The molecule has 7 heteroatoms. The zero-order valence-electron chi connectivity index (χ0n) is 16.9. The van der Waals surface area contributed by atoms with E-state index < -0.39 is 11.9 Å². The van der Waals surface area contributed by atoms with Crippen LogP contribution in [0.2, 0.25) is 0 Å². The molecular weight excluding hydrogens is 370 g/mol. The van der Waals surface area contributed by atoms with Gasteiger partial charge < -0.3 is 20.1 Å². The van der Waals surface area contributed by atoms with Gasteiger partial charge in [-0.3, -0.25) is 9.69 Å². The second-order valence-corrected chi connectivity index (χ2v) is 7.02. The highest BCUT2D eigenvalue weighted by Gasteiger charge is 2.20. The highest BCUT2D eigenvalue weighted by molar-refractivity contribution is 6.09. The quantitative estimate of drug-likeness (QED) is 0.747. The number of methoxy groups -OCH3 is 1. The number of ether oxygens (including phenoxy) is 1. The number of carbonyl (C=O) groups is 2. The molecule has 0 unspecified atom stereocenters. The van der Waals surface area contributed by atoms with E-state index in [0.29, 0.717) is 11.3 Å². The zero-order valence-corrected chi connectivity index (χ0v) is 16.9. The van der Waals surface area contributed by atoms with Gasteiger partial charge >= 0.3 is 5.97 Å². The number of piperazine rings is 1. The summed E-state index contributed by atoms with van der Waals surface area (Å²) in [7, 11) is 1.49. The van der Waals surface area contributed by atoms with Crippen molar-refractivity contribution < 1.29 is 19.4 Å². The first-order valence-electron chi connectivity index (χ1n) is 9.82. The number of nitrogens with zero attached hydrogens (tertiary/aromatic N) is 2. The Bertz CT molecular complexity index is 876. The average Bonchev–Trinajstić information content (AvgIpc) is 2.74. The van der Waals surface area contributed by atoms with E-state index in [9.17, 15) is 14.7 Å². The lowest BCUT2D eigenvalue weighted by Gasteiger charge is -2.36. The fraction of sp³-hybridized carbons (Fsp3) is 0.364. The largest absolute Gasteiger partial charge is 0.496 e. The molecule has 1 fully saturated rings. The summed E-state index contributed by atoms with van der Waals surface area (Å²) in [5, 5.41) is 12.4. The molecule has 0 saturated carbocycles. The van der Waals surface area contributed by atoms with Crippen LogP contribution in [0, 0.1) is 0 Å². The first kappa shape index (κ1) is 20.7. The number of hydrogen-bond donors (Lipinski definition) is 2. The summed E-state index contributed by atoms with van der Waals surface area (Å²) in [6.45, 7) is 6.88. The van der Waals surface area contributed by atoms with E-state index >= 15 is 0 Å². The van der Waals surface area contributed by atoms with Crippen molar-refractivity contribution >= 4 is 23.3 Å². The van der Waals surface area contributed by atoms with Crippen molar-refractivity contribution in [1.29, 1.82) is 0 Å². The van der Waals surface area contributed by atoms with Crippen LogP contribution in [0.5, 0.6) is 5.75 Å². The number of para-hydroxylation sites is 1. The predicted molar refractivity (Wildman–Crippen MR) is 113 cm³/mol. The van der Waals surface area contributed by atoms with Crippen LogP contribution in [0.3, 0.4) is 0 Å². The fourth-order valence-electron chi connectivity index (χ4n) is 3.58. The van der Waals surface area contributed by atoms with Crippen LogP contribution in [-0.4, -0.2) is 61.7 Å². The fourth-order valence-corrected chi connectivity index (χ4v) is 3.58. The standard InChI is InChI=1S/C22H27N3O4/c1-3-10-24-11-13-25(14-12-24)16-8-9-19(18(15-16)22(27)28)23-21(26)17-6-4-5-7-20(17)29-2/h4-9,15H,3,10-14H2,1-2H3,(H,23,26)(H,27,28). The van der Waals surface area contributed by atoms with Crippen molar-refractivity contribution in [2.24, 2.45) is 0 Å². The third-order valence-corrected chi connectivity index (χ3v) is 5.11. The van der Waals surface area contributed by atoms with Crippen LogP contribution >= 0.6 is 0 Å². The number of carboxylic acids is 1. The van der Waals surface area contributed by atoms with Gasteiger partial charge in [0.2, 0.25) is 0 Å². The molecule has 1 heterocycles. The SMILES string of the molecule is CCCN1CCN(c2ccc(NC(=O)c3ccccc3OC)c(C(=O)O)c2)CC1. The van der Waals surface area contributed by atoms with E-state index in [-0.39, 0.29) is 11.3 Å². The topological polar surface area (TPSA) is 82.1 Å². The number of amides is 1. The molecule has 0 aliphatic carbocycles. The molecule has 0 bridgehead atoms. The maximum atomic E-state index is 12.7. The number of carbonyl (C=O) groups excluding carboxylic acids is 1. The molecule has 2 aromatic rings. The molecule has 154 valence electrons. The van der Waals surface area contributed by atoms with Gasteiger partial charge in [0.15, 0.2) is 0 Å². The van der Waals surface area contributed by atoms with Crippen LogP contribution in [-0.2, 0) is 0 Å². The third kappa shape index (κ3) is 4.86. The molecular formula is C22H27N3O4. The first-order valence-corrected chi connectivity index (χ1v) is 9.82. The van der Waals surface area contributed by atoms with Gasteiger partial charge in [-0.2, -0.15) is 0 Å². The molecule has 7 nitrogen and oxygen atoms in total. The molecule has 1 aliphatic heterocycles. The summed E-state index contributed by atoms with van der Waals surface area (Å²) in [6.07, 6.45) is 1.13. The minimum atomic E-state index is -1.08. The van der Waals surface area contributed by atoms with Crippen molar-refractivity contribution in [2.75, 3.05) is 50.1 Å². The van der Waals surface area contributed by atoms with Gasteiger partial charge in [0, 0.05) is 31.9 Å². The number of nitrogens with one attached hydrogen (secondary N) is 1. The lowest BCUT2D eigenvalue weighted by molar-refractivity contribution is 0.0698. The van der Waals surface area contributed by atoms with Gasteiger partial charge in [-0.25, -0.2) is 4.79 Å². The van der Waals surface area contributed by atoms with Gasteiger partial charge in [-0.15, -0.1) is 0 Å². The average molecular weight is 397 g/mol. The van der Waals surface area contributed by atoms with Crippen LogP contribution in [0.15, 0.2) is 42.5 Å². The Hall–Kier alpha value is -3.06. The summed E-state index contributed by atoms with van der Waals surface area (Å²) in [6, 6.07) is 12.0. The number of benzene rings is 2. The lowest BCUT2D eigenvalue weighted by atomic mass is 10.1. The van der Waals surface area contributed by atoms with E-state index in [0.717, 1.165) is 44.8 Å². The summed E-state index contributed by atoms with van der Waals surface area (Å²) >= 11 is 0. The van der Waals surface area contributed by atoms with Crippen LogP contribution in [0.25, 0.3) is 0 Å². The molecule has 0 atom stereocenters. The van der Waals surface area contributed by atoms with Crippen molar-refractivity contribution in [3.05, 3.63) is 53.6 Å². The van der Waals surface area contributed by atoms with Crippen molar-refractivity contribution in [3.8, 4) is 5.75 Å². The second kappa shape index (κ2) is 9.43. The number of hydrogen-bond acceptors (Lipinski definition) is 5. The molecule has 2 aromatic carbocycles. The molecule has 1 aliphatic rings. The number of anilines is 2. The molecule has 2 N–H and O–H groups in total. The molecule has 1 saturated heterocycles. The monoisotopic (exact) mass is 397 g/mol. The Morgan fingerprint density at radius 3 is 2.45 bits per heavy atom. The Labute approximate surface area is 170 Å². The lowest BCUT2D eigenvalue weighted by Crippen LogP contribution is -2.46. The predicted octanol–water partition coefficient (Wildman–Crippen LogP) is 3.18. The summed E-state index contributed by atoms with van der Waals surface area (Å²) in [5.41, 5.74) is 1.54. The van der Waals surface area contributed by atoms with Crippen molar-refractivity contribution in [2.45, 2.75) is 13.3 Å². The van der Waals surface area contributed by atoms with E-state index in [2.05, 4.69) is 22.0 Å². The highest BCUT2D eigenvalue weighted by atomic mass is 16.5. The molecule has 29 heavy (non-hydrogen) atoms. The van der Waals surface area contributed by atoms with Gasteiger partial charge in [0.1, 0.15) is 5.75 Å². The van der Waals surface area contributed by atoms with E-state index in [4.69, 9.17) is 4.74 Å². The minimum absolute atomic E-state index is 0.0711. The Balaban J connectivity index is 1.78. The van der Waals surface area contributed by atoms with Gasteiger partial charge in [0.05, 0.1) is 23.9 Å². The molecule has 0 spiro atoms. The second-order valence-electron chi connectivity index (χ2n) is 7.02. The summed E-state index contributed by atoms with van der Waals surface area (Å²) in [5.74, 6) is -1.05. The third-order valence-electron chi connectivity index (χ3n) is 5.11. The molecule has 1 amide bonds. The Morgan fingerprint density at radius 1 is 1.07 bits per heavy atom. The smallest absolute Gasteiger partial charge is 0.337 e. The van der Waals surface area contributed by atoms with Crippen molar-refractivity contribution in [3.63, 3.8) is 0 Å². The zero-order chi connectivity index (χ0) is 20.8. The van der Waals surface area contributed by atoms with Gasteiger partial charge in [-0.1, -0.05) is 19.1 Å². The molecule has 0 radical (unpaired) electrons. The van der Waals surface area contributed by atoms with Gasteiger partial charge in [0.25, 0.3) is 5.91 Å². The first-order chi connectivity index (χ1) is 14.0. The highest BCUT2D eigenvalue weighted by Crippen LogP contribution is 2.26. The Morgan fingerprint density at radius 2 is 1.79 bits per heavy atom. The van der Waals surface area contributed by atoms with Crippen LogP contribution < -0.4 is 15.0 Å². The van der Waals surface area contributed by atoms with Gasteiger partial charge in [-0.05, 0) is 43.3 Å². The van der Waals surface area contributed by atoms with E-state index in [1.807, 2.05) is 6.07 Å². The maximum absolute atomic E-state index is 12.7. The number of rotatable bonds is 7. The van der Waals surface area contributed by atoms with Crippen LogP contribution in [0.4, 0.5) is 11.4 Å². The van der Waals surface area contributed by atoms with E-state index in [1.165, 1.54) is 7.11 Å². The van der Waals surface area contributed by atoms with Crippen molar-refractivity contribution in [1.82, 2.24) is 4.90 Å². The number of aromatic carboxylic acids is 1. The maximum Gasteiger partial charge on any atom is 0.337 e. The Kier molecular flexibility index (Phi) is 6.72. The summed E-state index contributed by atoms with van der Waals surface area (Å²) < 4.78 is 5.22. The summed E-state index contributed by atoms with van der Waals surface area (Å²) in [4.78, 5) is 29.1. The normalized spacial score (nSPS) is 14.5. The molecule has 0 aromatic heterocycles. The van der Waals surface area contributed by atoms with E-state index in [1.54, 1.807) is 36.4 Å². The molecule has 3 rings (SSSR count). The van der Waals surface area contributed by atoms with Crippen LogP contribution in [0.1, 0.15) is 34.1 Å².